The van der Waals surface area contributed by atoms with E-state index in [0.29, 0.717) is 31.8 Å². The van der Waals surface area contributed by atoms with Crippen molar-refractivity contribution in [1.29, 1.82) is 0 Å². The van der Waals surface area contributed by atoms with Crippen molar-refractivity contribution in [3.05, 3.63) is 29.8 Å². The highest BCUT2D eigenvalue weighted by molar-refractivity contribution is 5.81. The first-order valence-corrected chi connectivity index (χ1v) is 9.17. The number of benzene rings is 1. The third-order valence-electron chi connectivity index (χ3n) is 5.57. The van der Waals surface area contributed by atoms with Crippen LogP contribution in [-0.2, 0) is 16.0 Å². The zero-order valence-electron chi connectivity index (χ0n) is 15.2. The molecule has 1 aliphatic heterocycles. The Labute approximate surface area is 149 Å². The number of carboxylic acids is 1. The van der Waals surface area contributed by atoms with Gasteiger partial charge in [0.15, 0.2) is 0 Å². The minimum atomic E-state index is -0.732. The Kier molecular flexibility index (Phi) is 5.02. The first kappa shape index (κ1) is 17.8. The molecule has 0 bridgehead atoms. The molecule has 0 unspecified atom stereocenters. The number of hydrogen-bond donors (Lipinski definition) is 1. The van der Waals surface area contributed by atoms with Gasteiger partial charge in [0, 0.05) is 32.9 Å². The Morgan fingerprint density at radius 1 is 1.24 bits per heavy atom. The monoisotopic (exact) mass is 344 g/mol. The second-order valence-electron chi connectivity index (χ2n) is 7.89. The Morgan fingerprint density at radius 2 is 1.92 bits per heavy atom. The summed E-state index contributed by atoms with van der Waals surface area (Å²) in [6.07, 6.45) is 4.82. The Bertz CT molecular complexity index is 637. The highest BCUT2D eigenvalue weighted by Gasteiger charge is 2.46. The fraction of sp³-hybridized carbons (Fsp3) is 0.600. The number of carbonyl (C=O) groups excluding carboxylic acids is 1. The maximum atomic E-state index is 12.7. The van der Waals surface area contributed by atoms with Gasteiger partial charge in [0.25, 0.3) is 0 Å². The smallest absolute Gasteiger partial charge is 0.311 e. The van der Waals surface area contributed by atoms with Crippen LogP contribution in [0, 0.1) is 11.3 Å². The summed E-state index contributed by atoms with van der Waals surface area (Å²) in [5.74, 6) is -0.143. The zero-order chi connectivity index (χ0) is 18.0. The number of hydrogen-bond acceptors (Lipinski definition) is 3. The summed E-state index contributed by atoms with van der Waals surface area (Å²) >= 11 is 0. The lowest BCUT2D eigenvalue weighted by atomic mass is 9.75. The van der Waals surface area contributed by atoms with E-state index >= 15 is 0 Å². The van der Waals surface area contributed by atoms with E-state index < -0.39 is 11.4 Å². The van der Waals surface area contributed by atoms with E-state index in [4.69, 9.17) is 0 Å². The molecule has 0 aromatic heterocycles. The summed E-state index contributed by atoms with van der Waals surface area (Å²) < 4.78 is 0. The first-order valence-electron chi connectivity index (χ1n) is 9.17. The fourth-order valence-corrected chi connectivity index (χ4v) is 3.85. The van der Waals surface area contributed by atoms with Crippen molar-refractivity contribution in [1.82, 2.24) is 4.90 Å². The van der Waals surface area contributed by atoms with Crippen LogP contribution in [-0.4, -0.2) is 49.1 Å². The molecule has 5 nitrogen and oxygen atoms in total. The van der Waals surface area contributed by atoms with Gasteiger partial charge in [-0.3, -0.25) is 9.59 Å². The molecule has 1 saturated carbocycles. The maximum absolute atomic E-state index is 12.7. The molecule has 5 heteroatoms. The molecule has 1 heterocycles. The molecule has 2 aliphatic rings. The predicted molar refractivity (Wildman–Crippen MR) is 97.7 cm³/mol. The van der Waals surface area contributed by atoms with Gasteiger partial charge in [-0.25, -0.2) is 0 Å². The lowest BCUT2D eigenvalue weighted by molar-refractivity contribution is -0.155. The van der Waals surface area contributed by atoms with Crippen molar-refractivity contribution >= 4 is 17.6 Å². The molecule has 1 saturated heterocycles. The van der Waals surface area contributed by atoms with Gasteiger partial charge in [0.05, 0.1) is 11.8 Å². The van der Waals surface area contributed by atoms with Crippen LogP contribution in [0.2, 0.25) is 0 Å². The van der Waals surface area contributed by atoms with Crippen LogP contribution in [0.4, 0.5) is 5.69 Å². The number of carbonyl (C=O) groups is 2. The SMILES string of the molecule is CN(C)c1ccc(CC(=O)N2CCC[C@](CC3CC3)(C(=O)O)C2)cc1. The molecular weight excluding hydrogens is 316 g/mol. The van der Waals surface area contributed by atoms with E-state index in [9.17, 15) is 14.7 Å². The lowest BCUT2D eigenvalue weighted by Crippen LogP contribution is -2.50. The Morgan fingerprint density at radius 3 is 2.48 bits per heavy atom. The largest absolute Gasteiger partial charge is 0.481 e. The average Bonchev–Trinajstić information content (AvgIpc) is 3.39. The van der Waals surface area contributed by atoms with Crippen molar-refractivity contribution in [3.63, 3.8) is 0 Å². The number of nitrogens with zero attached hydrogens (tertiary/aromatic N) is 2. The standard InChI is InChI=1S/C20H28N2O3/c1-21(2)17-8-6-15(7-9-17)12-18(23)22-11-3-10-20(14-22,19(24)25)13-16-4-5-16/h6-9,16H,3-5,10-14H2,1-2H3,(H,24,25)/t20-/m1/s1. The van der Waals surface area contributed by atoms with E-state index in [1.165, 1.54) is 0 Å². The van der Waals surface area contributed by atoms with E-state index in [-0.39, 0.29) is 5.91 Å². The van der Waals surface area contributed by atoms with Gasteiger partial charge in [0.2, 0.25) is 5.91 Å². The summed E-state index contributed by atoms with van der Waals surface area (Å²) in [5, 5.41) is 9.79. The molecule has 1 aliphatic carbocycles. The summed E-state index contributed by atoms with van der Waals surface area (Å²) in [5.41, 5.74) is 1.34. The second kappa shape index (κ2) is 7.06. The molecule has 1 aromatic carbocycles. The van der Waals surface area contributed by atoms with Crippen LogP contribution in [0.25, 0.3) is 0 Å². The number of carboxylic acid groups (broad SMARTS) is 1. The zero-order valence-corrected chi connectivity index (χ0v) is 15.2. The molecule has 1 aromatic rings. The third kappa shape index (κ3) is 4.14. The topological polar surface area (TPSA) is 60.9 Å². The fourth-order valence-electron chi connectivity index (χ4n) is 3.85. The Hall–Kier alpha value is -2.04. The van der Waals surface area contributed by atoms with Gasteiger partial charge in [-0.2, -0.15) is 0 Å². The quantitative estimate of drug-likeness (QED) is 0.862. The van der Waals surface area contributed by atoms with Gasteiger partial charge in [-0.1, -0.05) is 25.0 Å². The summed E-state index contributed by atoms with van der Waals surface area (Å²) in [6, 6.07) is 7.97. The van der Waals surface area contributed by atoms with E-state index in [1.54, 1.807) is 4.90 Å². The first-order chi connectivity index (χ1) is 11.9. The predicted octanol–water partition coefficient (Wildman–Crippen LogP) is 2.79. The van der Waals surface area contributed by atoms with Crippen molar-refractivity contribution < 1.29 is 14.7 Å². The molecule has 1 amide bonds. The van der Waals surface area contributed by atoms with Crippen LogP contribution in [0.1, 0.15) is 37.7 Å². The van der Waals surface area contributed by atoms with Gasteiger partial charge in [-0.05, 0) is 42.9 Å². The molecule has 0 spiro atoms. The van der Waals surface area contributed by atoms with Crippen molar-refractivity contribution in [2.45, 2.75) is 38.5 Å². The van der Waals surface area contributed by atoms with E-state index in [2.05, 4.69) is 0 Å². The molecule has 1 N–H and O–H groups in total. The number of rotatable bonds is 6. The molecule has 0 radical (unpaired) electrons. The molecule has 25 heavy (non-hydrogen) atoms. The number of anilines is 1. The van der Waals surface area contributed by atoms with Crippen molar-refractivity contribution in [2.75, 3.05) is 32.1 Å². The summed E-state index contributed by atoms with van der Waals surface area (Å²) in [4.78, 5) is 28.4. The van der Waals surface area contributed by atoms with Crippen LogP contribution in [0.5, 0.6) is 0 Å². The number of amides is 1. The summed E-state index contributed by atoms with van der Waals surface area (Å²) in [7, 11) is 3.97. The normalized spacial score (nSPS) is 23.4. The second-order valence-corrected chi connectivity index (χ2v) is 7.89. The van der Waals surface area contributed by atoms with Gasteiger partial charge >= 0.3 is 5.97 Å². The number of likely N-dealkylation sites (tertiary alicyclic amines) is 1. The number of piperidine rings is 1. The van der Waals surface area contributed by atoms with Crippen LogP contribution in [0.15, 0.2) is 24.3 Å². The van der Waals surface area contributed by atoms with Gasteiger partial charge < -0.3 is 14.9 Å². The maximum Gasteiger partial charge on any atom is 0.311 e. The van der Waals surface area contributed by atoms with Crippen LogP contribution in [0.3, 0.4) is 0 Å². The third-order valence-corrected chi connectivity index (χ3v) is 5.57. The highest BCUT2D eigenvalue weighted by atomic mass is 16.4. The minimum Gasteiger partial charge on any atom is -0.481 e. The highest BCUT2D eigenvalue weighted by Crippen LogP contribution is 2.45. The minimum absolute atomic E-state index is 0.0405. The van der Waals surface area contributed by atoms with Crippen LogP contribution < -0.4 is 4.90 Å². The molecule has 1 atom stereocenters. The average molecular weight is 344 g/mol. The van der Waals surface area contributed by atoms with Gasteiger partial charge in [-0.15, -0.1) is 0 Å². The summed E-state index contributed by atoms with van der Waals surface area (Å²) in [6.45, 7) is 1.04. The lowest BCUT2D eigenvalue weighted by Gasteiger charge is -2.40. The van der Waals surface area contributed by atoms with Crippen LogP contribution >= 0.6 is 0 Å². The molecule has 3 rings (SSSR count). The van der Waals surface area contributed by atoms with Crippen molar-refractivity contribution in [2.24, 2.45) is 11.3 Å². The van der Waals surface area contributed by atoms with Gasteiger partial charge in [0.1, 0.15) is 0 Å². The molecule has 136 valence electrons. The van der Waals surface area contributed by atoms with E-state index in [1.807, 2.05) is 43.3 Å². The molecule has 2 fully saturated rings. The van der Waals surface area contributed by atoms with E-state index in [0.717, 1.165) is 36.9 Å². The van der Waals surface area contributed by atoms with Crippen molar-refractivity contribution in [3.8, 4) is 0 Å². The Balaban J connectivity index is 1.65. The number of aliphatic carboxylic acids is 1. The molecular formula is C20H28N2O3.